The van der Waals surface area contributed by atoms with Crippen molar-refractivity contribution in [2.45, 2.75) is 47.1 Å². The van der Waals surface area contributed by atoms with Gasteiger partial charge in [-0.2, -0.15) is 0 Å². The lowest BCUT2D eigenvalue weighted by atomic mass is 9.88. The van der Waals surface area contributed by atoms with Crippen LogP contribution in [-0.4, -0.2) is 23.7 Å². The standard InChI is InChI=1S/C18H25NO2/c1-13-9-10-16(15(12-13)8-6-7-11-20)17(21)19-14(2)18(3,4)5/h9-10,12,14,20H,7,11H2,1-5H3,(H,19,21). The lowest BCUT2D eigenvalue weighted by Gasteiger charge is -2.28. The minimum atomic E-state index is -0.106. The predicted octanol–water partition coefficient (Wildman–Crippen LogP) is 2.89. The van der Waals surface area contributed by atoms with Crippen molar-refractivity contribution in [2.75, 3.05) is 6.61 Å². The summed E-state index contributed by atoms with van der Waals surface area (Å²) in [5, 5.41) is 11.8. The van der Waals surface area contributed by atoms with E-state index < -0.39 is 0 Å². The van der Waals surface area contributed by atoms with Crippen molar-refractivity contribution >= 4 is 5.91 Å². The van der Waals surface area contributed by atoms with E-state index in [1.165, 1.54) is 0 Å². The monoisotopic (exact) mass is 287 g/mol. The zero-order valence-electron chi connectivity index (χ0n) is 13.6. The van der Waals surface area contributed by atoms with Gasteiger partial charge in [0, 0.05) is 18.0 Å². The molecule has 114 valence electrons. The molecule has 0 fully saturated rings. The van der Waals surface area contributed by atoms with Gasteiger partial charge >= 0.3 is 0 Å². The van der Waals surface area contributed by atoms with Gasteiger partial charge in [0.1, 0.15) is 0 Å². The van der Waals surface area contributed by atoms with Crippen LogP contribution in [0.25, 0.3) is 0 Å². The second-order valence-corrected chi connectivity index (χ2v) is 6.39. The molecule has 0 aliphatic rings. The van der Waals surface area contributed by atoms with Crippen molar-refractivity contribution in [1.82, 2.24) is 5.32 Å². The van der Waals surface area contributed by atoms with Crippen LogP contribution in [-0.2, 0) is 0 Å². The Bertz CT molecular complexity index is 559. The van der Waals surface area contributed by atoms with Gasteiger partial charge < -0.3 is 10.4 Å². The van der Waals surface area contributed by atoms with E-state index >= 15 is 0 Å². The van der Waals surface area contributed by atoms with Crippen molar-refractivity contribution in [3.63, 3.8) is 0 Å². The van der Waals surface area contributed by atoms with Gasteiger partial charge in [0.25, 0.3) is 5.91 Å². The Hall–Kier alpha value is -1.79. The summed E-state index contributed by atoms with van der Waals surface area (Å²) in [6.07, 6.45) is 0.410. The number of carbonyl (C=O) groups excluding carboxylic acids is 1. The summed E-state index contributed by atoms with van der Waals surface area (Å²) in [4.78, 5) is 12.4. The first kappa shape index (κ1) is 17.3. The molecule has 0 heterocycles. The minimum Gasteiger partial charge on any atom is -0.395 e. The zero-order chi connectivity index (χ0) is 16.0. The van der Waals surface area contributed by atoms with E-state index in [-0.39, 0.29) is 24.0 Å². The van der Waals surface area contributed by atoms with E-state index in [1.54, 1.807) is 0 Å². The molecule has 1 unspecified atom stereocenters. The van der Waals surface area contributed by atoms with E-state index in [9.17, 15) is 4.79 Å². The Morgan fingerprint density at radius 2 is 2.05 bits per heavy atom. The fourth-order valence-corrected chi connectivity index (χ4v) is 1.66. The Morgan fingerprint density at radius 1 is 1.38 bits per heavy atom. The van der Waals surface area contributed by atoms with Crippen LogP contribution >= 0.6 is 0 Å². The third-order valence-electron chi connectivity index (χ3n) is 3.53. The minimum absolute atomic E-state index is 0.00306. The molecule has 21 heavy (non-hydrogen) atoms. The van der Waals surface area contributed by atoms with Gasteiger partial charge in [-0.15, -0.1) is 0 Å². The summed E-state index contributed by atoms with van der Waals surface area (Å²) >= 11 is 0. The van der Waals surface area contributed by atoms with Crippen LogP contribution in [0.2, 0.25) is 0 Å². The summed E-state index contributed by atoms with van der Waals surface area (Å²) in [5.41, 5.74) is 2.36. The van der Waals surface area contributed by atoms with Crippen LogP contribution in [0.1, 0.15) is 55.6 Å². The molecule has 0 saturated heterocycles. The molecule has 3 nitrogen and oxygen atoms in total. The largest absolute Gasteiger partial charge is 0.395 e. The number of hydrogen-bond donors (Lipinski definition) is 2. The Kier molecular flexibility index (Phi) is 5.99. The summed E-state index contributed by atoms with van der Waals surface area (Å²) < 4.78 is 0. The second kappa shape index (κ2) is 7.28. The highest BCUT2D eigenvalue weighted by atomic mass is 16.2. The SMILES string of the molecule is Cc1ccc(C(=O)NC(C)C(C)(C)C)c(C#CCCO)c1. The summed E-state index contributed by atoms with van der Waals surface area (Å²) in [6, 6.07) is 5.68. The van der Waals surface area contributed by atoms with E-state index in [0.29, 0.717) is 17.5 Å². The molecule has 0 aliphatic heterocycles. The number of benzene rings is 1. The maximum absolute atomic E-state index is 12.4. The Labute approximate surface area is 127 Å². The highest BCUT2D eigenvalue weighted by Crippen LogP contribution is 2.19. The Morgan fingerprint density at radius 3 is 2.62 bits per heavy atom. The molecule has 0 aliphatic carbocycles. The molecule has 1 amide bonds. The van der Waals surface area contributed by atoms with Crippen molar-refractivity contribution in [1.29, 1.82) is 0 Å². The Balaban J connectivity index is 3.02. The number of aliphatic hydroxyl groups excluding tert-OH is 1. The third kappa shape index (κ3) is 5.24. The van der Waals surface area contributed by atoms with E-state index in [1.807, 2.05) is 32.0 Å². The lowest BCUT2D eigenvalue weighted by molar-refractivity contribution is 0.0910. The van der Waals surface area contributed by atoms with Gasteiger partial charge in [-0.05, 0) is 37.0 Å². The number of amides is 1. The predicted molar refractivity (Wildman–Crippen MR) is 86.1 cm³/mol. The van der Waals surface area contributed by atoms with E-state index in [4.69, 9.17) is 5.11 Å². The van der Waals surface area contributed by atoms with Crippen LogP contribution in [0.3, 0.4) is 0 Å². The molecule has 0 saturated carbocycles. The van der Waals surface area contributed by atoms with Gasteiger partial charge in [-0.25, -0.2) is 0 Å². The second-order valence-electron chi connectivity index (χ2n) is 6.39. The summed E-state index contributed by atoms with van der Waals surface area (Å²) in [7, 11) is 0. The average molecular weight is 287 g/mol. The summed E-state index contributed by atoms with van der Waals surface area (Å²) in [6.45, 7) is 10.3. The maximum atomic E-state index is 12.4. The number of carbonyl (C=O) groups is 1. The number of rotatable bonds is 3. The highest BCUT2D eigenvalue weighted by Gasteiger charge is 2.22. The molecule has 2 N–H and O–H groups in total. The lowest BCUT2D eigenvalue weighted by Crippen LogP contribution is -2.41. The molecule has 1 aromatic rings. The third-order valence-corrected chi connectivity index (χ3v) is 3.53. The molecule has 0 aromatic heterocycles. The molecular formula is C18H25NO2. The normalized spacial score (nSPS) is 12.3. The summed E-state index contributed by atoms with van der Waals surface area (Å²) in [5.74, 6) is 5.75. The average Bonchev–Trinajstić information content (AvgIpc) is 2.37. The van der Waals surface area contributed by atoms with Gasteiger partial charge in [-0.3, -0.25) is 4.79 Å². The molecule has 3 heteroatoms. The van der Waals surface area contributed by atoms with Crippen LogP contribution in [0.5, 0.6) is 0 Å². The molecule has 0 bridgehead atoms. The fraction of sp³-hybridized carbons (Fsp3) is 0.500. The smallest absolute Gasteiger partial charge is 0.252 e. The van der Waals surface area contributed by atoms with Gasteiger partial charge in [-0.1, -0.05) is 38.7 Å². The van der Waals surface area contributed by atoms with Crippen molar-refractivity contribution in [3.8, 4) is 11.8 Å². The van der Waals surface area contributed by atoms with Gasteiger partial charge in [0.15, 0.2) is 0 Å². The molecule has 0 spiro atoms. The maximum Gasteiger partial charge on any atom is 0.252 e. The van der Waals surface area contributed by atoms with E-state index in [2.05, 4.69) is 37.9 Å². The highest BCUT2D eigenvalue weighted by molar-refractivity contribution is 5.97. The topological polar surface area (TPSA) is 49.3 Å². The first-order chi connectivity index (χ1) is 9.75. The van der Waals surface area contributed by atoms with Crippen LogP contribution in [0.15, 0.2) is 18.2 Å². The molecule has 1 aromatic carbocycles. The van der Waals surface area contributed by atoms with Crippen LogP contribution in [0, 0.1) is 24.2 Å². The first-order valence-corrected chi connectivity index (χ1v) is 7.27. The van der Waals surface area contributed by atoms with Gasteiger partial charge in [0.2, 0.25) is 0 Å². The van der Waals surface area contributed by atoms with Crippen LogP contribution in [0.4, 0.5) is 0 Å². The first-order valence-electron chi connectivity index (χ1n) is 7.27. The molecule has 0 radical (unpaired) electrons. The molecule has 1 atom stereocenters. The number of hydrogen-bond acceptors (Lipinski definition) is 2. The van der Waals surface area contributed by atoms with Crippen LogP contribution < -0.4 is 5.32 Å². The molecular weight excluding hydrogens is 262 g/mol. The van der Waals surface area contributed by atoms with Crippen molar-refractivity contribution in [3.05, 3.63) is 34.9 Å². The van der Waals surface area contributed by atoms with Crippen molar-refractivity contribution in [2.24, 2.45) is 5.41 Å². The molecule has 1 rings (SSSR count). The zero-order valence-corrected chi connectivity index (χ0v) is 13.6. The number of nitrogens with one attached hydrogen (secondary N) is 1. The van der Waals surface area contributed by atoms with Gasteiger partial charge in [0.05, 0.1) is 12.2 Å². The number of aryl methyl sites for hydroxylation is 1. The van der Waals surface area contributed by atoms with E-state index in [0.717, 1.165) is 5.56 Å². The number of aliphatic hydroxyl groups is 1. The van der Waals surface area contributed by atoms with Crippen molar-refractivity contribution < 1.29 is 9.90 Å². The fourth-order valence-electron chi connectivity index (χ4n) is 1.66. The quantitative estimate of drug-likeness (QED) is 0.840.